The maximum absolute atomic E-state index is 12.7. The van der Waals surface area contributed by atoms with E-state index in [1.807, 2.05) is 25.1 Å². The van der Waals surface area contributed by atoms with Gasteiger partial charge in [0.25, 0.3) is 5.91 Å². The molecule has 0 fully saturated rings. The second-order valence-corrected chi connectivity index (χ2v) is 6.34. The summed E-state index contributed by atoms with van der Waals surface area (Å²) >= 11 is 0. The van der Waals surface area contributed by atoms with Crippen molar-refractivity contribution in [1.29, 1.82) is 5.26 Å². The second-order valence-electron chi connectivity index (χ2n) is 6.34. The normalized spacial score (nSPS) is 15.3. The van der Waals surface area contributed by atoms with Crippen molar-refractivity contribution in [3.8, 4) is 11.9 Å². The number of hydrogen-bond donors (Lipinski definition) is 0. The van der Waals surface area contributed by atoms with E-state index in [4.69, 9.17) is 10.00 Å². The van der Waals surface area contributed by atoms with Crippen LogP contribution in [0.5, 0.6) is 5.88 Å². The van der Waals surface area contributed by atoms with Gasteiger partial charge in [-0.1, -0.05) is 12.6 Å². The molecule has 2 aromatic heterocycles. The predicted octanol–water partition coefficient (Wildman–Crippen LogP) is 2.73. The highest BCUT2D eigenvalue weighted by Gasteiger charge is 2.29. The lowest BCUT2D eigenvalue weighted by Crippen LogP contribution is -2.28. The summed E-state index contributed by atoms with van der Waals surface area (Å²) in [5.74, 6) is 0.143. The Morgan fingerprint density at radius 1 is 1.32 bits per heavy atom. The maximum Gasteiger partial charge on any atom is 0.269 e. The Morgan fingerprint density at radius 2 is 2.18 bits per heavy atom. The number of aromatic nitrogens is 3. The molecule has 142 valence electrons. The number of carbonyl (C=O) groups excluding carboxylic acids is 1. The van der Waals surface area contributed by atoms with Crippen molar-refractivity contribution in [2.24, 2.45) is 5.10 Å². The molecule has 1 atom stereocenters. The molecule has 1 unspecified atom stereocenters. The minimum Gasteiger partial charge on any atom is -0.477 e. The van der Waals surface area contributed by atoms with E-state index in [-0.39, 0.29) is 17.6 Å². The van der Waals surface area contributed by atoms with E-state index in [0.717, 1.165) is 11.3 Å². The van der Waals surface area contributed by atoms with E-state index in [1.165, 1.54) is 17.4 Å². The van der Waals surface area contributed by atoms with Crippen LogP contribution < -0.4 is 4.74 Å². The Balaban J connectivity index is 1.49. The van der Waals surface area contributed by atoms with Crippen molar-refractivity contribution in [1.82, 2.24) is 20.0 Å². The molecule has 0 radical (unpaired) electrons. The van der Waals surface area contributed by atoms with Gasteiger partial charge in [0.1, 0.15) is 6.07 Å². The smallest absolute Gasteiger partial charge is 0.269 e. The first-order valence-corrected chi connectivity index (χ1v) is 8.89. The van der Waals surface area contributed by atoms with Gasteiger partial charge in [-0.2, -0.15) is 10.4 Å². The van der Waals surface area contributed by atoms with Crippen molar-refractivity contribution >= 4 is 12.1 Å². The molecule has 8 nitrogen and oxygen atoms in total. The van der Waals surface area contributed by atoms with E-state index in [0.29, 0.717) is 37.3 Å². The van der Waals surface area contributed by atoms with Crippen LogP contribution in [0.2, 0.25) is 0 Å². The van der Waals surface area contributed by atoms with Gasteiger partial charge in [0, 0.05) is 30.1 Å². The Morgan fingerprint density at radius 3 is 2.86 bits per heavy atom. The molecule has 2 aromatic rings. The monoisotopic (exact) mass is 376 g/mol. The van der Waals surface area contributed by atoms with Gasteiger partial charge >= 0.3 is 0 Å². The van der Waals surface area contributed by atoms with Crippen LogP contribution in [-0.4, -0.2) is 38.7 Å². The van der Waals surface area contributed by atoms with Crippen LogP contribution in [0.15, 0.2) is 48.0 Å². The number of ether oxygens (including phenoxy) is 1. The summed E-state index contributed by atoms with van der Waals surface area (Å²) in [7, 11) is 0. The molecule has 1 aliphatic heterocycles. The van der Waals surface area contributed by atoms with Crippen LogP contribution >= 0.6 is 0 Å². The minimum absolute atomic E-state index is 0.150. The van der Waals surface area contributed by atoms with E-state index in [2.05, 4.69) is 26.6 Å². The number of amides is 1. The number of nitrogens with zero attached hydrogens (tertiary/aromatic N) is 6. The predicted molar refractivity (Wildman–Crippen MR) is 102 cm³/mol. The van der Waals surface area contributed by atoms with Crippen LogP contribution in [0.1, 0.15) is 42.3 Å². The van der Waals surface area contributed by atoms with Gasteiger partial charge in [0.2, 0.25) is 5.88 Å². The van der Waals surface area contributed by atoms with Crippen LogP contribution in [0.4, 0.5) is 0 Å². The summed E-state index contributed by atoms with van der Waals surface area (Å²) in [6.45, 7) is 6.19. The standard InChI is InChI=1S/C20H20N6O2/c1-14(4-3-9-28-19-13-23-17(10-21)12-24-19)20(27)26-18(7-8-25-26)16-6-5-15(2)22-11-16/h5-6,8,11-13,18H,1,3-4,7,9H2,2H3. The average Bonchev–Trinajstić information content (AvgIpc) is 3.21. The summed E-state index contributed by atoms with van der Waals surface area (Å²) in [6, 6.07) is 5.64. The lowest BCUT2D eigenvalue weighted by molar-refractivity contribution is -0.129. The number of hydrogen-bond acceptors (Lipinski definition) is 7. The molecule has 0 N–H and O–H groups in total. The van der Waals surface area contributed by atoms with Gasteiger partial charge in [0.05, 0.1) is 25.0 Å². The highest BCUT2D eigenvalue weighted by Crippen LogP contribution is 2.29. The SMILES string of the molecule is C=C(CCCOc1cnc(C#N)cn1)C(=O)N1N=CCC1c1ccc(C)nc1. The lowest BCUT2D eigenvalue weighted by Gasteiger charge is -2.23. The minimum atomic E-state index is -0.197. The summed E-state index contributed by atoms with van der Waals surface area (Å²) in [5, 5.41) is 14.4. The van der Waals surface area contributed by atoms with Gasteiger partial charge in [0.15, 0.2) is 5.69 Å². The van der Waals surface area contributed by atoms with E-state index in [9.17, 15) is 4.79 Å². The maximum atomic E-state index is 12.7. The molecule has 0 saturated heterocycles. The molecule has 8 heteroatoms. The second kappa shape index (κ2) is 8.86. The third-order valence-electron chi connectivity index (χ3n) is 4.28. The fourth-order valence-electron chi connectivity index (χ4n) is 2.74. The first kappa shape index (κ1) is 19.2. The van der Waals surface area contributed by atoms with Crippen LogP contribution in [0, 0.1) is 18.3 Å². The molecule has 1 aliphatic rings. The van der Waals surface area contributed by atoms with Crippen molar-refractivity contribution in [2.75, 3.05) is 6.61 Å². The first-order valence-electron chi connectivity index (χ1n) is 8.89. The molecule has 0 spiro atoms. The summed E-state index contributed by atoms with van der Waals surface area (Å²) in [6.07, 6.45) is 8.01. The van der Waals surface area contributed by atoms with Gasteiger partial charge in [-0.05, 0) is 31.4 Å². The number of aryl methyl sites for hydroxylation is 1. The highest BCUT2D eigenvalue weighted by molar-refractivity contribution is 5.94. The highest BCUT2D eigenvalue weighted by atomic mass is 16.5. The van der Waals surface area contributed by atoms with Crippen molar-refractivity contribution in [3.63, 3.8) is 0 Å². The number of pyridine rings is 1. The Labute approximate surface area is 163 Å². The Hall–Kier alpha value is -3.60. The molecule has 1 amide bonds. The molecule has 0 aromatic carbocycles. The van der Waals surface area contributed by atoms with Gasteiger partial charge in [-0.15, -0.1) is 0 Å². The number of hydrazone groups is 1. The molecule has 3 heterocycles. The third-order valence-corrected chi connectivity index (χ3v) is 4.28. The summed E-state index contributed by atoms with van der Waals surface area (Å²) in [4.78, 5) is 24.9. The zero-order valence-corrected chi connectivity index (χ0v) is 15.6. The van der Waals surface area contributed by atoms with Crippen LogP contribution in [-0.2, 0) is 4.79 Å². The Kier molecular flexibility index (Phi) is 6.07. The van der Waals surface area contributed by atoms with Crippen molar-refractivity contribution < 1.29 is 9.53 Å². The van der Waals surface area contributed by atoms with Crippen molar-refractivity contribution in [2.45, 2.75) is 32.2 Å². The van der Waals surface area contributed by atoms with Crippen LogP contribution in [0.3, 0.4) is 0 Å². The van der Waals surface area contributed by atoms with Gasteiger partial charge < -0.3 is 4.74 Å². The molecular formula is C20H20N6O2. The molecule has 3 rings (SSSR count). The molecule has 28 heavy (non-hydrogen) atoms. The van der Waals surface area contributed by atoms with Crippen molar-refractivity contribution in [3.05, 3.63) is 59.8 Å². The zero-order chi connectivity index (χ0) is 19.9. The summed E-state index contributed by atoms with van der Waals surface area (Å²) in [5.41, 5.74) is 2.58. The molecular weight excluding hydrogens is 356 g/mol. The summed E-state index contributed by atoms with van der Waals surface area (Å²) < 4.78 is 5.48. The Bertz CT molecular complexity index is 915. The average molecular weight is 376 g/mol. The quantitative estimate of drug-likeness (QED) is 0.543. The molecule has 0 bridgehead atoms. The fourth-order valence-corrected chi connectivity index (χ4v) is 2.74. The van der Waals surface area contributed by atoms with Gasteiger partial charge in [-0.25, -0.2) is 15.0 Å². The first-order chi connectivity index (χ1) is 13.6. The zero-order valence-electron chi connectivity index (χ0n) is 15.6. The number of rotatable bonds is 7. The van der Waals surface area contributed by atoms with E-state index < -0.39 is 0 Å². The van der Waals surface area contributed by atoms with E-state index in [1.54, 1.807) is 12.4 Å². The van der Waals surface area contributed by atoms with Gasteiger partial charge in [-0.3, -0.25) is 9.78 Å². The largest absolute Gasteiger partial charge is 0.477 e. The van der Waals surface area contributed by atoms with E-state index >= 15 is 0 Å². The third kappa shape index (κ3) is 4.57. The lowest BCUT2D eigenvalue weighted by atomic mass is 10.0. The molecule has 0 aliphatic carbocycles. The number of carbonyl (C=O) groups is 1. The topological polar surface area (TPSA) is 104 Å². The number of nitriles is 1. The van der Waals surface area contributed by atoms with Crippen LogP contribution in [0.25, 0.3) is 0 Å². The molecule has 0 saturated carbocycles. The fraction of sp³-hybridized carbons (Fsp3) is 0.300.